The Bertz CT molecular complexity index is 181. The van der Waals surface area contributed by atoms with Crippen LogP contribution in [0.5, 0.6) is 0 Å². The first-order valence-corrected chi connectivity index (χ1v) is 5.61. The number of ether oxygens (including phenoxy) is 1. The van der Waals surface area contributed by atoms with Crippen molar-refractivity contribution in [3.05, 3.63) is 0 Å². The summed E-state index contributed by atoms with van der Waals surface area (Å²) in [6, 6.07) is 0. The average molecular weight is 224 g/mol. The molecule has 0 radical (unpaired) electrons. The number of halogens is 3. The smallest absolute Gasteiger partial charge is 0.289 e. The molecule has 0 atom stereocenters. The molecule has 0 N–H and O–H groups in total. The Morgan fingerprint density at radius 3 is 2.07 bits per heavy atom. The molecule has 0 bridgehead atoms. The van der Waals surface area contributed by atoms with Gasteiger partial charge in [0.1, 0.15) is 0 Å². The molecule has 0 aromatic rings. The predicted molar refractivity (Wildman–Crippen MR) is 52.3 cm³/mol. The summed E-state index contributed by atoms with van der Waals surface area (Å²) in [5.41, 5.74) is 0. The molecule has 0 saturated heterocycles. The Morgan fingerprint density at radius 2 is 1.67 bits per heavy atom. The van der Waals surface area contributed by atoms with Crippen molar-refractivity contribution in [2.75, 3.05) is 0 Å². The second kappa shape index (κ2) is 5.19. The molecular formula is C11H19F3O. The summed E-state index contributed by atoms with van der Waals surface area (Å²) in [6.07, 6.45) is -1.09. The van der Waals surface area contributed by atoms with Crippen LogP contribution in [-0.4, -0.2) is 12.5 Å². The molecule has 1 aliphatic carbocycles. The average Bonchev–Trinajstić information content (AvgIpc) is 2.05. The molecule has 15 heavy (non-hydrogen) atoms. The molecule has 0 spiro atoms. The van der Waals surface area contributed by atoms with Gasteiger partial charge < -0.3 is 0 Å². The molecule has 1 nitrogen and oxygen atoms in total. The van der Waals surface area contributed by atoms with Crippen LogP contribution in [-0.2, 0) is 4.74 Å². The Morgan fingerprint density at radius 1 is 1.13 bits per heavy atom. The first kappa shape index (κ1) is 12.8. The van der Waals surface area contributed by atoms with E-state index in [4.69, 9.17) is 0 Å². The van der Waals surface area contributed by atoms with Crippen LogP contribution < -0.4 is 0 Å². The standard InChI is InChI=1S/C11H19F3O/c1-8(2)7-9-3-5-10(6-4-9)15-11(12,13)14/h8-10H,3-7H2,1-2H3/t9-,10+. The minimum Gasteiger partial charge on any atom is -0.289 e. The van der Waals surface area contributed by atoms with Crippen molar-refractivity contribution in [1.82, 2.24) is 0 Å². The highest BCUT2D eigenvalue weighted by molar-refractivity contribution is 4.73. The molecule has 0 aromatic heterocycles. The van der Waals surface area contributed by atoms with Gasteiger partial charge in [-0.2, -0.15) is 0 Å². The molecular weight excluding hydrogens is 205 g/mol. The molecule has 1 aliphatic rings. The van der Waals surface area contributed by atoms with Crippen LogP contribution in [0.3, 0.4) is 0 Å². The highest BCUT2D eigenvalue weighted by atomic mass is 19.4. The van der Waals surface area contributed by atoms with E-state index in [2.05, 4.69) is 18.6 Å². The van der Waals surface area contributed by atoms with Gasteiger partial charge in [0.15, 0.2) is 0 Å². The molecule has 1 rings (SSSR count). The van der Waals surface area contributed by atoms with Gasteiger partial charge in [-0.05, 0) is 43.9 Å². The lowest BCUT2D eigenvalue weighted by Gasteiger charge is -2.29. The highest BCUT2D eigenvalue weighted by Crippen LogP contribution is 2.33. The molecule has 1 fully saturated rings. The summed E-state index contributed by atoms with van der Waals surface area (Å²) in [4.78, 5) is 0. The zero-order chi connectivity index (χ0) is 11.5. The summed E-state index contributed by atoms with van der Waals surface area (Å²) in [5.74, 6) is 1.23. The van der Waals surface area contributed by atoms with Crippen molar-refractivity contribution in [3.8, 4) is 0 Å². The molecule has 4 heteroatoms. The van der Waals surface area contributed by atoms with Crippen molar-refractivity contribution in [2.45, 2.75) is 58.4 Å². The van der Waals surface area contributed by atoms with E-state index in [0.29, 0.717) is 24.7 Å². The Hall–Kier alpha value is -0.250. The van der Waals surface area contributed by atoms with Crippen LogP contribution in [0, 0.1) is 11.8 Å². The van der Waals surface area contributed by atoms with Crippen molar-refractivity contribution in [2.24, 2.45) is 11.8 Å². The molecule has 0 aromatic carbocycles. The maximum atomic E-state index is 11.9. The topological polar surface area (TPSA) is 9.23 Å². The van der Waals surface area contributed by atoms with E-state index in [1.165, 1.54) is 0 Å². The fourth-order valence-electron chi connectivity index (χ4n) is 2.34. The van der Waals surface area contributed by atoms with Crippen molar-refractivity contribution >= 4 is 0 Å². The van der Waals surface area contributed by atoms with E-state index in [-0.39, 0.29) is 0 Å². The summed E-state index contributed by atoms with van der Waals surface area (Å²) >= 11 is 0. The third-order valence-electron chi connectivity index (χ3n) is 2.90. The molecule has 90 valence electrons. The number of alkyl halides is 3. The minimum atomic E-state index is -4.46. The van der Waals surface area contributed by atoms with Gasteiger partial charge in [-0.3, -0.25) is 4.74 Å². The van der Waals surface area contributed by atoms with Crippen molar-refractivity contribution in [3.63, 3.8) is 0 Å². The second-order valence-corrected chi connectivity index (χ2v) is 4.84. The van der Waals surface area contributed by atoms with Crippen molar-refractivity contribution < 1.29 is 17.9 Å². The minimum absolute atomic E-state index is 0.552. The predicted octanol–water partition coefficient (Wildman–Crippen LogP) is 4.13. The lowest BCUT2D eigenvalue weighted by atomic mass is 9.82. The molecule has 0 amide bonds. The number of rotatable bonds is 3. The van der Waals surface area contributed by atoms with Gasteiger partial charge in [-0.25, -0.2) is 0 Å². The fraction of sp³-hybridized carbons (Fsp3) is 1.00. The molecule has 0 unspecified atom stereocenters. The van der Waals surface area contributed by atoms with Gasteiger partial charge in [-0.1, -0.05) is 13.8 Å². The Labute approximate surface area is 89.0 Å². The fourth-order valence-corrected chi connectivity index (χ4v) is 2.34. The van der Waals surface area contributed by atoms with Gasteiger partial charge in [0, 0.05) is 0 Å². The van der Waals surface area contributed by atoms with Crippen molar-refractivity contribution in [1.29, 1.82) is 0 Å². The Kier molecular flexibility index (Phi) is 4.44. The van der Waals surface area contributed by atoms with Gasteiger partial charge in [0.25, 0.3) is 0 Å². The number of hydrogen-bond donors (Lipinski definition) is 0. The van der Waals surface area contributed by atoms with Crippen LogP contribution in [0.25, 0.3) is 0 Å². The van der Waals surface area contributed by atoms with E-state index < -0.39 is 12.5 Å². The molecule has 0 aliphatic heterocycles. The normalized spacial score (nSPS) is 28.4. The van der Waals surface area contributed by atoms with E-state index >= 15 is 0 Å². The van der Waals surface area contributed by atoms with Gasteiger partial charge in [-0.15, -0.1) is 13.2 Å². The summed E-state index contributed by atoms with van der Waals surface area (Å²) in [7, 11) is 0. The second-order valence-electron chi connectivity index (χ2n) is 4.84. The van der Waals surface area contributed by atoms with Crippen LogP contribution >= 0.6 is 0 Å². The van der Waals surface area contributed by atoms with E-state index in [1.54, 1.807) is 0 Å². The van der Waals surface area contributed by atoms with E-state index in [1.807, 2.05) is 0 Å². The van der Waals surface area contributed by atoms with Crippen LogP contribution in [0.2, 0.25) is 0 Å². The van der Waals surface area contributed by atoms with Gasteiger partial charge in [0.2, 0.25) is 0 Å². The zero-order valence-electron chi connectivity index (χ0n) is 9.31. The number of hydrogen-bond acceptors (Lipinski definition) is 1. The summed E-state index contributed by atoms with van der Waals surface area (Å²) < 4.78 is 39.8. The summed E-state index contributed by atoms with van der Waals surface area (Å²) in [5, 5.41) is 0. The summed E-state index contributed by atoms with van der Waals surface area (Å²) in [6.45, 7) is 4.30. The first-order valence-electron chi connectivity index (χ1n) is 5.61. The zero-order valence-corrected chi connectivity index (χ0v) is 9.31. The van der Waals surface area contributed by atoms with E-state index in [0.717, 1.165) is 19.3 Å². The molecule has 1 saturated carbocycles. The monoisotopic (exact) mass is 224 g/mol. The van der Waals surface area contributed by atoms with Gasteiger partial charge >= 0.3 is 6.36 Å². The van der Waals surface area contributed by atoms with Crippen LogP contribution in [0.1, 0.15) is 46.0 Å². The largest absolute Gasteiger partial charge is 0.522 e. The first-order chi connectivity index (χ1) is 6.87. The lowest BCUT2D eigenvalue weighted by molar-refractivity contribution is -0.345. The van der Waals surface area contributed by atoms with Crippen LogP contribution in [0.4, 0.5) is 13.2 Å². The van der Waals surface area contributed by atoms with Crippen LogP contribution in [0.15, 0.2) is 0 Å². The third kappa shape index (κ3) is 5.40. The third-order valence-corrected chi connectivity index (χ3v) is 2.90. The van der Waals surface area contributed by atoms with E-state index in [9.17, 15) is 13.2 Å². The van der Waals surface area contributed by atoms with Gasteiger partial charge in [0.05, 0.1) is 6.10 Å². The SMILES string of the molecule is CC(C)C[C@H]1CC[C@@H](OC(F)(F)F)CC1. The quantitative estimate of drug-likeness (QED) is 0.700. The Balaban J connectivity index is 2.24. The maximum absolute atomic E-state index is 11.9. The maximum Gasteiger partial charge on any atom is 0.522 e. The lowest BCUT2D eigenvalue weighted by Crippen LogP contribution is -2.28. The molecule has 0 heterocycles. The highest BCUT2D eigenvalue weighted by Gasteiger charge is 2.35.